The van der Waals surface area contributed by atoms with Gasteiger partial charge in [-0.15, -0.1) is 0 Å². The van der Waals surface area contributed by atoms with E-state index in [1.54, 1.807) is 18.0 Å². The van der Waals surface area contributed by atoms with Crippen LogP contribution < -0.4 is 4.74 Å². The van der Waals surface area contributed by atoms with E-state index in [2.05, 4.69) is 5.10 Å². The Kier molecular flexibility index (Phi) is 4.04. The molecule has 2 rings (SSSR count). The van der Waals surface area contributed by atoms with Gasteiger partial charge in [0.1, 0.15) is 5.69 Å². The summed E-state index contributed by atoms with van der Waals surface area (Å²) in [4.78, 5) is 12.4. The van der Waals surface area contributed by atoms with Crippen LogP contribution in [-0.4, -0.2) is 22.7 Å². The topological polar surface area (TPSA) is 44.1 Å². The summed E-state index contributed by atoms with van der Waals surface area (Å²) in [5, 5.41) is 4.25. The molecular weight excluding hydrogens is 228 g/mol. The van der Waals surface area contributed by atoms with Gasteiger partial charge in [-0.05, 0) is 19.8 Å². The van der Waals surface area contributed by atoms with Crippen LogP contribution in [-0.2, 0) is 0 Å². The lowest BCUT2D eigenvalue weighted by atomic mass is 9.99. The molecule has 1 aromatic heterocycles. The van der Waals surface area contributed by atoms with Crippen LogP contribution in [0.5, 0.6) is 5.75 Å². The van der Waals surface area contributed by atoms with Crippen LogP contribution in [0.25, 0.3) is 0 Å². The molecule has 0 unspecified atom stereocenters. The van der Waals surface area contributed by atoms with Crippen molar-refractivity contribution in [2.24, 2.45) is 5.92 Å². The molecular formula is C14H22N2O2. The first-order chi connectivity index (χ1) is 8.63. The van der Waals surface area contributed by atoms with Gasteiger partial charge in [0.15, 0.2) is 11.5 Å². The molecule has 1 aromatic rings. The summed E-state index contributed by atoms with van der Waals surface area (Å²) in [6.07, 6.45) is 7.17. The molecule has 1 fully saturated rings. The first-order valence-electron chi connectivity index (χ1n) is 6.78. The van der Waals surface area contributed by atoms with E-state index in [4.69, 9.17) is 4.74 Å². The predicted octanol–water partition coefficient (Wildman–Crippen LogP) is 3.24. The molecule has 0 saturated heterocycles. The third-order valence-electron chi connectivity index (χ3n) is 3.68. The van der Waals surface area contributed by atoms with Crippen LogP contribution in [0.4, 0.5) is 0 Å². The van der Waals surface area contributed by atoms with Gasteiger partial charge >= 0.3 is 0 Å². The van der Waals surface area contributed by atoms with Crippen molar-refractivity contribution in [3.05, 3.63) is 11.9 Å². The van der Waals surface area contributed by atoms with Crippen molar-refractivity contribution in [3.63, 3.8) is 0 Å². The molecule has 0 bridgehead atoms. The van der Waals surface area contributed by atoms with Gasteiger partial charge < -0.3 is 4.74 Å². The van der Waals surface area contributed by atoms with Crippen LogP contribution in [0.3, 0.4) is 0 Å². The van der Waals surface area contributed by atoms with E-state index < -0.39 is 0 Å². The largest absolute Gasteiger partial charge is 0.493 e. The van der Waals surface area contributed by atoms with Crippen molar-refractivity contribution in [3.8, 4) is 5.75 Å². The minimum Gasteiger partial charge on any atom is -0.493 e. The highest BCUT2D eigenvalue weighted by molar-refractivity contribution is 5.97. The lowest BCUT2D eigenvalue weighted by molar-refractivity contribution is 0.0946. The number of carbonyl (C=O) groups excluding carboxylic acids is 1. The Morgan fingerprint density at radius 2 is 2.17 bits per heavy atom. The average molecular weight is 250 g/mol. The van der Waals surface area contributed by atoms with Gasteiger partial charge in [0.25, 0.3) is 0 Å². The van der Waals surface area contributed by atoms with E-state index in [-0.39, 0.29) is 11.8 Å². The number of ether oxygens (including phenoxy) is 1. The predicted molar refractivity (Wildman–Crippen MR) is 70.1 cm³/mol. The summed E-state index contributed by atoms with van der Waals surface area (Å²) >= 11 is 0. The number of rotatable bonds is 5. The maximum absolute atomic E-state index is 12.4. The van der Waals surface area contributed by atoms with Crippen LogP contribution in [0, 0.1) is 5.92 Å². The number of carbonyl (C=O) groups is 1. The van der Waals surface area contributed by atoms with Gasteiger partial charge in [0.05, 0.1) is 13.3 Å². The molecule has 0 spiro atoms. The van der Waals surface area contributed by atoms with E-state index in [0.29, 0.717) is 23.8 Å². The molecule has 4 heteroatoms. The number of nitrogens with zero attached hydrogens (tertiary/aromatic N) is 2. The summed E-state index contributed by atoms with van der Waals surface area (Å²) in [6.45, 7) is 4.05. The Morgan fingerprint density at radius 3 is 2.72 bits per heavy atom. The van der Waals surface area contributed by atoms with Gasteiger partial charge in [-0.2, -0.15) is 5.10 Å². The van der Waals surface area contributed by atoms with Crippen molar-refractivity contribution in [2.45, 2.75) is 52.0 Å². The van der Waals surface area contributed by atoms with Crippen LogP contribution in [0.2, 0.25) is 0 Å². The fourth-order valence-electron chi connectivity index (χ4n) is 2.73. The molecule has 0 atom stereocenters. The quantitative estimate of drug-likeness (QED) is 0.753. The molecule has 0 aliphatic heterocycles. The summed E-state index contributed by atoms with van der Waals surface area (Å²) < 4.78 is 7.03. The summed E-state index contributed by atoms with van der Waals surface area (Å²) in [5.74, 6) is 1.33. The lowest BCUT2D eigenvalue weighted by Gasteiger charge is -2.13. The number of hydrogen-bond acceptors (Lipinski definition) is 3. The third kappa shape index (κ3) is 2.57. The second-order valence-electron chi connectivity index (χ2n) is 5.38. The highest BCUT2D eigenvalue weighted by Crippen LogP contribution is 2.31. The SMILES string of the molecule is COc1cnn(C(C)C)c1C(=O)CC1CCCC1. The number of hydrogen-bond donors (Lipinski definition) is 0. The summed E-state index contributed by atoms with van der Waals surface area (Å²) in [6, 6.07) is 0.177. The lowest BCUT2D eigenvalue weighted by Crippen LogP contribution is -2.15. The Hall–Kier alpha value is -1.32. The molecule has 4 nitrogen and oxygen atoms in total. The van der Waals surface area contributed by atoms with E-state index in [1.807, 2.05) is 13.8 Å². The van der Waals surface area contributed by atoms with Crippen molar-refractivity contribution >= 4 is 5.78 Å². The number of ketones is 1. The fourth-order valence-corrected chi connectivity index (χ4v) is 2.73. The number of methoxy groups -OCH3 is 1. The molecule has 0 amide bonds. The van der Waals surface area contributed by atoms with E-state index in [9.17, 15) is 4.79 Å². The summed E-state index contributed by atoms with van der Waals surface area (Å²) in [5.41, 5.74) is 0.638. The highest BCUT2D eigenvalue weighted by Gasteiger charge is 2.25. The second-order valence-corrected chi connectivity index (χ2v) is 5.38. The monoisotopic (exact) mass is 250 g/mol. The Labute approximate surface area is 108 Å². The molecule has 1 aliphatic carbocycles. The maximum Gasteiger partial charge on any atom is 0.184 e. The maximum atomic E-state index is 12.4. The van der Waals surface area contributed by atoms with E-state index in [1.165, 1.54) is 25.7 Å². The van der Waals surface area contributed by atoms with Crippen molar-refractivity contribution in [2.75, 3.05) is 7.11 Å². The standard InChI is InChI=1S/C14H22N2O2/c1-10(2)16-14(13(18-3)9-15-16)12(17)8-11-6-4-5-7-11/h9-11H,4-8H2,1-3H3. The van der Waals surface area contributed by atoms with Gasteiger partial charge in [-0.3, -0.25) is 9.48 Å². The molecule has 0 aromatic carbocycles. The minimum atomic E-state index is 0.171. The first-order valence-corrected chi connectivity index (χ1v) is 6.78. The Bertz CT molecular complexity index is 417. The van der Waals surface area contributed by atoms with Gasteiger partial charge in [-0.1, -0.05) is 25.7 Å². The normalized spacial score (nSPS) is 16.4. The zero-order chi connectivity index (χ0) is 13.1. The molecule has 18 heavy (non-hydrogen) atoms. The van der Waals surface area contributed by atoms with Crippen molar-refractivity contribution in [1.82, 2.24) is 9.78 Å². The Morgan fingerprint density at radius 1 is 1.50 bits per heavy atom. The zero-order valence-corrected chi connectivity index (χ0v) is 11.5. The van der Waals surface area contributed by atoms with Gasteiger partial charge in [0, 0.05) is 12.5 Å². The second kappa shape index (κ2) is 5.55. The van der Waals surface area contributed by atoms with Crippen molar-refractivity contribution < 1.29 is 9.53 Å². The van der Waals surface area contributed by atoms with E-state index >= 15 is 0 Å². The molecule has 0 radical (unpaired) electrons. The highest BCUT2D eigenvalue weighted by atomic mass is 16.5. The van der Waals surface area contributed by atoms with E-state index in [0.717, 1.165) is 0 Å². The Balaban J connectivity index is 2.19. The molecule has 100 valence electrons. The fraction of sp³-hybridized carbons (Fsp3) is 0.714. The molecule has 1 heterocycles. The average Bonchev–Trinajstić information content (AvgIpc) is 2.95. The smallest absolute Gasteiger partial charge is 0.184 e. The first kappa shape index (κ1) is 13.1. The van der Waals surface area contributed by atoms with Crippen LogP contribution >= 0.6 is 0 Å². The van der Waals surface area contributed by atoms with Crippen LogP contribution in [0.1, 0.15) is 62.5 Å². The summed E-state index contributed by atoms with van der Waals surface area (Å²) in [7, 11) is 1.59. The van der Waals surface area contributed by atoms with Crippen molar-refractivity contribution in [1.29, 1.82) is 0 Å². The van der Waals surface area contributed by atoms with Gasteiger partial charge in [0.2, 0.25) is 0 Å². The third-order valence-corrected chi connectivity index (χ3v) is 3.68. The van der Waals surface area contributed by atoms with Crippen LogP contribution in [0.15, 0.2) is 6.20 Å². The number of Topliss-reactive ketones (excluding diaryl/α,β-unsaturated/α-hetero) is 1. The molecule has 0 N–H and O–H groups in total. The minimum absolute atomic E-state index is 0.171. The zero-order valence-electron chi connectivity index (χ0n) is 11.5. The van der Waals surface area contributed by atoms with Gasteiger partial charge in [-0.25, -0.2) is 0 Å². The molecule has 1 saturated carbocycles. The molecule has 1 aliphatic rings. The number of aromatic nitrogens is 2.